The zero-order chi connectivity index (χ0) is 13.7. The van der Waals surface area contributed by atoms with Gasteiger partial charge in [-0.25, -0.2) is 0 Å². The smallest absolute Gasteiger partial charge is 0.122 e. The van der Waals surface area contributed by atoms with Gasteiger partial charge in [0.05, 0.1) is 0 Å². The summed E-state index contributed by atoms with van der Waals surface area (Å²) in [5, 5.41) is 3.40. The monoisotopic (exact) mass is 249 g/mol. The Balaban J connectivity index is 2.79. The van der Waals surface area contributed by atoms with E-state index < -0.39 is 0 Å². The van der Waals surface area contributed by atoms with E-state index in [-0.39, 0.29) is 6.10 Å². The molecule has 1 N–H and O–H groups in total. The van der Waals surface area contributed by atoms with Crippen molar-refractivity contribution in [2.45, 2.75) is 59.6 Å². The third kappa shape index (κ3) is 4.02. The average molecular weight is 249 g/mol. The lowest BCUT2D eigenvalue weighted by molar-refractivity contribution is 0.178. The van der Waals surface area contributed by atoms with Crippen molar-refractivity contribution in [1.82, 2.24) is 5.32 Å². The Morgan fingerprint density at radius 3 is 2.39 bits per heavy atom. The predicted octanol–water partition coefficient (Wildman–Crippen LogP) is 3.88. The van der Waals surface area contributed by atoms with Crippen LogP contribution in [0.2, 0.25) is 0 Å². The summed E-state index contributed by atoms with van der Waals surface area (Å²) in [4.78, 5) is 0. The van der Waals surface area contributed by atoms with Gasteiger partial charge >= 0.3 is 0 Å². The van der Waals surface area contributed by atoms with Gasteiger partial charge in [-0.1, -0.05) is 32.9 Å². The molecule has 18 heavy (non-hydrogen) atoms. The van der Waals surface area contributed by atoms with Crippen LogP contribution in [0.25, 0.3) is 0 Å². The van der Waals surface area contributed by atoms with Gasteiger partial charge < -0.3 is 10.1 Å². The molecule has 0 fully saturated rings. The largest absolute Gasteiger partial charge is 0.489 e. The Hall–Kier alpha value is -1.02. The molecule has 0 aliphatic rings. The van der Waals surface area contributed by atoms with Crippen molar-refractivity contribution >= 4 is 0 Å². The van der Waals surface area contributed by atoms with Gasteiger partial charge in [-0.05, 0) is 50.4 Å². The molecular formula is C16H27NO. The average Bonchev–Trinajstić information content (AvgIpc) is 2.31. The molecule has 1 rings (SSSR count). The van der Waals surface area contributed by atoms with Gasteiger partial charge in [0.15, 0.2) is 0 Å². The maximum absolute atomic E-state index is 6.09. The molecule has 1 aromatic carbocycles. The molecule has 2 unspecified atom stereocenters. The number of aryl methyl sites for hydroxylation is 1. The van der Waals surface area contributed by atoms with Crippen LogP contribution >= 0.6 is 0 Å². The van der Waals surface area contributed by atoms with Gasteiger partial charge in [-0.2, -0.15) is 0 Å². The summed E-state index contributed by atoms with van der Waals surface area (Å²) in [6.07, 6.45) is 0.172. The van der Waals surface area contributed by atoms with Crippen molar-refractivity contribution in [1.29, 1.82) is 0 Å². The molecule has 0 saturated heterocycles. The minimum Gasteiger partial charge on any atom is -0.489 e. The first-order valence-electron chi connectivity index (χ1n) is 6.96. The van der Waals surface area contributed by atoms with E-state index in [2.05, 4.69) is 65.1 Å². The van der Waals surface area contributed by atoms with Crippen molar-refractivity contribution in [2.75, 3.05) is 6.54 Å². The predicted molar refractivity (Wildman–Crippen MR) is 78.5 cm³/mol. The molecule has 0 amide bonds. The van der Waals surface area contributed by atoms with E-state index in [4.69, 9.17) is 4.74 Å². The van der Waals surface area contributed by atoms with Gasteiger partial charge in [0, 0.05) is 6.04 Å². The molecule has 0 spiro atoms. The minimum absolute atomic E-state index is 0.172. The Morgan fingerprint density at radius 2 is 1.83 bits per heavy atom. The van der Waals surface area contributed by atoms with Gasteiger partial charge in [0.1, 0.15) is 11.9 Å². The summed E-state index contributed by atoms with van der Waals surface area (Å²) in [5.41, 5.74) is 2.54. The van der Waals surface area contributed by atoms with Crippen LogP contribution in [0, 0.1) is 6.92 Å². The van der Waals surface area contributed by atoms with Crippen LogP contribution in [0.4, 0.5) is 0 Å². The fourth-order valence-corrected chi connectivity index (χ4v) is 1.89. The standard InChI is InChI=1S/C16H27NO/c1-7-17-13(5)14(6)18-16-10-15(11(2)3)9-8-12(16)4/h8-11,13-14,17H,7H2,1-6H3. The molecule has 0 radical (unpaired) electrons. The molecule has 2 heteroatoms. The van der Waals surface area contributed by atoms with Gasteiger partial charge in [-0.3, -0.25) is 0 Å². The van der Waals surface area contributed by atoms with Crippen LogP contribution in [-0.4, -0.2) is 18.7 Å². The van der Waals surface area contributed by atoms with E-state index in [0.717, 1.165) is 12.3 Å². The second kappa shape index (κ2) is 6.79. The molecule has 1 aromatic rings. The molecule has 0 aromatic heterocycles. The first-order chi connectivity index (χ1) is 8.45. The van der Waals surface area contributed by atoms with Crippen LogP contribution in [0.3, 0.4) is 0 Å². The first kappa shape index (κ1) is 15.0. The minimum atomic E-state index is 0.172. The normalized spacial score (nSPS) is 14.6. The number of hydrogen-bond donors (Lipinski definition) is 1. The quantitative estimate of drug-likeness (QED) is 0.826. The topological polar surface area (TPSA) is 21.3 Å². The molecule has 102 valence electrons. The molecule has 0 heterocycles. The van der Waals surface area contributed by atoms with Gasteiger partial charge in [0.25, 0.3) is 0 Å². The third-order valence-electron chi connectivity index (χ3n) is 3.42. The van der Waals surface area contributed by atoms with E-state index in [1.165, 1.54) is 11.1 Å². The Morgan fingerprint density at radius 1 is 1.17 bits per heavy atom. The van der Waals surface area contributed by atoms with Crippen LogP contribution in [0.15, 0.2) is 18.2 Å². The first-order valence-corrected chi connectivity index (χ1v) is 6.96. The number of benzene rings is 1. The highest BCUT2D eigenvalue weighted by atomic mass is 16.5. The second-order valence-electron chi connectivity index (χ2n) is 5.35. The zero-order valence-electron chi connectivity index (χ0n) is 12.6. The van der Waals surface area contributed by atoms with E-state index in [9.17, 15) is 0 Å². The highest BCUT2D eigenvalue weighted by Crippen LogP contribution is 2.25. The molecule has 0 bridgehead atoms. The molecule has 2 nitrogen and oxygen atoms in total. The van der Waals surface area contributed by atoms with Crippen molar-refractivity contribution < 1.29 is 4.74 Å². The maximum Gasteiger partial charge on any atom is 0.122 e. The van der Waals surface area contributed by atoms with E-state index >= 15 is 0 Å². The van der Waals surface area contributed by atoms with Gasteiger partial charge in [0.2, 0.25) is 0 Å². The summed E-state index contributed by atoms with van der Waals surface area (Å²) >= 11 is 0. The van der Waals surface area contributed by atoms with Gasteiger partial charge in [-0.15, -0.1) is 0 Å². The molecule has 0 aliphatic heterocycles. The Bertz CT molecular complexity index is 373. The fraction of sp³-hybridized carbons (Fsp3) is 0.625. The summed E-state index contributed by atoms with van der Waals surface area (Å²) in [6, 6.07) is 6.87. The molecule has 0 aliphatic carbocycles. The summed E-state index contributed by atoms with van der Waals surface area (Å²) in [7, 11) is 0. The molecule has 0 saturated carbocycles. The summed E-state index contributed by atoms with van der Waals surface area (Å²) < 4.78 is 6.09. The Kier molecular flexibility index (Phi) is 5.67. The lowest BCUT2D eigenvalue weighted by Crippen LogP contribution is -2.38. The number of ether oxygens (including phenoxy) is 1. The second-order valence-corrected chi connectivity index (χ2v) is 5.35. The highest BCUT2D eigenvalue weighted by molar-refractivity contribution is 5.38. The lowest BCUT2D eigenvalue weighted by atomic mass is 10.0. The van der Waals surface area contributed by atoms with Crippen molar-refractivity contribution in [3.63, 3.8) is 0 Å². The van der Waals surface area contributed by atoms with Crippen molar-refractivity contribution in [2.24, 2.45) is 0 Å². The van der Waals surface area contributed by atoms with Crippen LogP contribution < -0.4 is 10.1 Å². The van der Waals surface area contributed by atoms with E-state index in [0.29, 0.717) is 12.0 Å². The third-order valence-corrected chi connectivity index (χ3v) is 3.42. The fourth-order valence-electron chi connectivity index (χ4n) is 1.89. The lowest BCUT2D eigenvalue weighted by Gasteiger charge is -2.23. The Labute approximate surface area is 112 Å². The van der Waals surface area contributed by atoms with Crippen LogP contribution in [-0.2, 0) is 0 Å². The SMILES string of the molecule is CCNC(C)C(C)Oc1cc(C(C)C)ccc1C. The molecule has 2 atom stereocenters. The zero-order valence-corrected chi connectivity index (χ0v) is 12.6. The summed E-state index contributed by atoms with van der Waals surface area (Å²) in [6.45, 7) is 13.9. The maximum atomic E-state index is 6.09. The number of likely N-dealkylation sites (N-methyl/N-ethyl adjacent to an activating group) is 1. The number of hydrogen-bond acceptors (Lipinski definition) is 2. The van der Waals surface area contributed by atoms with E-state index in [1.807, 2.05) is 0 Å². The molecular weight excluding hydrogens is 222 g/mol. The van der Waals surface area contributed by atoms with Crippen molar-refractivity contribution in [3.8, 4) is 5.75 Å². The van der Waals surface area contributed by atoms with Crippen LogP contribution in [0.1, 0.15) is 51.7 Å². The van der Waals surface area contributed by atoms with E-state index in [1.54, 1.807) is 0 Å². The van der Waals surface area contributed by atoms with Crippen LogP contribution in [0.5, 0.6) is 5.75 Å². The van der Waals surface area contributed by atoms with Crippen molar-refractivity contribution in [3.05, 3.63) is 29.3 Å². The highest BCUT2D eigenvalue weighted by Gasteiger charge is 2.14. The number of nitrogens with one attached hydrogen (secondary N) is 1. The summed E-state index contributed by atoms with van der Waals surface area (Å²) in [5.74, 6) is 1.55. The number of rotatable bonds is 6.